The Labute approximate surface area is 158 Å². The van der Waals surface area contributed by atoms with Crippen LogP contribution in [0.3, 0.4) is 0 Å². The number of rotatable bonds is 15. The summed E-state index contributed by atoms with van der Waals surface area (Å²) in [6.45, 7) is 2.61. The highest BCUT2D eigenvalue weighted by molar-refractivity contribution is 5.93. The van der Waals surface area contributed by atoms with Crippen molar-refractivity contribution in [1.29, 1.82) is 0 Å². The van der Waals surface area contributed by atoms with Crippen LogP contribution in [0.1, 0.15) is 101 Å². The Bertz CT molecular complexity index is 499. The second kappa shape index (κ2) is 14.5. The van der Waals surface area contributed by atoms with E-state index in [1.807, 2.05) is 0 Å². The zero-order chi connectivity index (χ0) is 19.0. The molecule has 2 N–H and O–H groups in total. The van der Waals surface area contributed by atoms with Crippen molar-refractivity contribution in [3.05, 3.63) is 23.8 Å². The molecule has 1 rings (SSSR count). The van der Waals surface area contributed by atoms with Crippen LogP contribution in [0.25, 0.3) is 0 Å². The van der Waals surface area contributed by atoms with Gasteiger partial charge >= 0.3 is 5.97 Å². The fourth-order valence-electron chi connectivity index (χ4n) is 3.06. The summed E-state index contributed by atoms with van der Waals surface area (Å²) in [5, 5.41) is 19.0. The minimum Gasteiger partial charge on any atom is -0.504 e. The number of carbonyl (C=O) groups is 1. The molecule has 0 fully saturated rings. The summed E-state index contributed by atoms with van der Waals surface area (Å²) in [5.74, 6) is -1.30. The van der Waals surface area contributed by atoms with Crippen molar-refractivity contribution in [3.63, 3.8) is 0 Å². The molecule has 0 amide bonds. The van der Waals surface area contributed by atoms with Crippen LogP contribution in [0.2, 0.25) is 0 Å². The predicted molar refractivity (Wildman–Crippen MR) is 106 cm³/mol. The van der Waals surface area contributed by atoms with Gasteiger partial charge in [0, 0.05) is 0 Å². The molecule has 0 spiro atoms. The first kappa shape index (κ1) is 22.3. The molecule has 0 heterocycles. The lowest BCUT2D eigenvalue weighted by Gasteiger charge is -2.07. The third kappa shape index (κ3) is 9.69. The Morgan fingerprint density at radius 1 is 0.808 bits per heavy atom. The molecule has 1 aromatic rings. The van der Waals surface area contributed by atoms with Crippen LogP contribution in [0.4, 0.5) is 0 Å². The quantitative estimate of drug-likeness (QED) is 0.216. The summed E-state index contributed by atoms with van der Waals surface area (Å²) in [4.78, 5) is 11.8. The van der Waals surface area contributed by atoms with E-state index in [0.717, 1.165) is 12.8 Å². The van der Waals surface area contributed by atoms with Gasteiger partial charge in [-0.2, -0.15) is 0 Å². The van der Waals surface area contributed by atoms with Gasteiger partial charge in [0.25, 0.3) is 0 Å². The Kier molecular flexibility index (Phi) is 12.4. The van der Waals surface area contributed by atoms with E-state index in [9.17, 15) is 15.0 Å². The second-order valence-corrected chi connectivity index (χ2v) is 7.05. The van der Waals surface area contributed by atoms with Gasteiger partial charge in [-0.3, -0.25) is 0 Å². The van der Waals surface area contributed by atoms with Gasteiger partial charge in [-0.15, -0.1) is 0 Å². The van der Waals surface area contributed by atoms with Crippen molar-refractivity contribution >= 4 is 5.97 Å². The minimum atomic E-state index is -0.586. The van der Waals surface area contributed by atoms with Crippen molar-refractivity contribution in [1.82, 2.24) is 0 Å². The van der Waals surface area contributed by atoms with Gasteiger partial charge in [0.05, 0.1) is 6.61 Å². The molecule has 0 bridgehead atoms. The summed E-state index contributed by atoms with van der Waals surface area (Å²) >= 11 is 0. The van der Waals surface area contributed by atoms with Gasteiger partial charge in [-0.25, -0.2) is 4.79 Å². The maximum Gasteiger partial charge on any atom is 0.342 e. The number of hydrogen-bond acceptors (Lipinski definition) is 4. The van der Waals surface area contributed by atoms with Crippen molar-refractivity contribution in [3.8, 4) is 11.5 Å². The van der Waals surface area contributed by atoms with E-state index < -0.39 is 11.7 Å². The smallest absolute Gasteiger partial charge is 0.342 e. The number of phenols is 2. The van der Waals surface area contributed by atoms with Crippen LogP contribution in [-0.4, -0.2) is 22.8 Å². The summed E-state index contributed by atoms with van der Waals surface area (Å²) in [6, 6.07) is 4.29. The molecule has 1 aromatic carbocycles. The number of unbranched alkanes of at least 4 members (excludes halogenated alkanes) is 12. The minimum absolute atomic E-state index is 0.0136. The zero-order valence-corrected chi connectivity index (χ0v) is 16.3. The third-order valence-electron chi connectivity index (χ3n) is 4.72. The van der Waals surface area contributed by atoms with Crippen molar-refractivity contribution < 1.29 is 19.7 Å². The molecular formula is C22H36O4. The normalized spacial score (nSPS) is 10.8. The zero-order valence-electron chi connectivity index (χ0n) is 16.3. The van der Waals surface area contributed by atoms with Gasteiger partial charge < -0.3 is 14.9 Å². The maximum absolute atomic E-state index is 11.8. The van der Waals surface area contributed by atoms with Crippen LogP contribution in [0.15, 0.2) is 18.2 Å². The fraction of sp³-hybridized carbons (Fsp3) is 0.682. The summed E-state index contributed by atoms with van der Waals surface area (Å²) < 4.78 is 5.15. The van der Waals surface area contributed by atoms with Gasteiger partial charge in [0.15, 0.2) is 11.5 Å². The van der Waals surface area contributed by atoms with Crippen molar-refractivity contribution in [2.24, 2.45) is 0 Å². The monoisotopic (exact) mass is 364 g/mol. The van der Waals surface area contributed by atoms with E-state index in [2.05, 4.69) is 6.92 Å². The van der Waals surface area contributed by atoms with E-state index in [-0.39, 0.29) is 11.3 Å². The Hall–Kier alpha value is -1.71. The molecule has 0 aliphatic carbocycles. The standard InChI is InChI=1S/C22H36O4/c1-2-3-4-5-6-7-8-9-10-11-12-13-14-18-26-22(25)19-16-15-17-20(23)21(19)24/h15-17,23-24H,2-14,18H2,1H3. The van der Waals surface area contributed by atoms with E-state index in [0.29, 0.717) is 6.61 Å². The first-order chi connectivity index (χ1) is 12.7. The first-order valence-corrected chi connectivity index (χ1v) is 10.3. The van der Waals surface area contributed by atoms with Crippen LogP contribution < -0.4 is 0 Å². The van der Waals surface area contributed by atoms with E-state index >= 15 is 0 Å². The van der Waals surface area contributed by atoms with Crippen LogP contribution in [-0.2, 0) is 4.74 Å². The lowest BCUT2D eigenvalue weighted by Crippen LogP contribution is -2.06. The molecule has 26 heavy (non-hydrogen) atoms. The van der Waals surface area contributed by atoms with E-state index in [4.69, 9.17) is 4.74 Å². The van der Waals surface area contributed by atoms with E-state index in [1.54, 1.807) is 0 Å². The number of aromatic hydroxyl groups is 2. The number of carbonyl (C=O) groups excluding carboxylic acids is 1. The number of para-hydroxylation sites is 1. The van der Waals surface area contributed by atoms with Gasteiger partial charge in [0.1, 0.15) is 5.56 Å². The molecule has 0 atom stereocenters. The molecule has 0 saturated heterocycles. The lowest BCUT2D eigenvalue weighted by atomic mass is 10.0. The predicted octanol–water partition coefficient (Wildman–Crippen LogP) is 6.35. The first-order valence-electron chi connectivity index (χ1n) is 10.3. The number of hydrogen-bond donors (Lipinski definition) is 2. The molecule has 0 unspecified atom stereocenters. The molecule has 0 aliphatic rings. The fourth-order valence-corrected chi connectivity index (χ4v) is 3.06. The maximum atomic E-state index is 11.8. The Morgan fingerprint density at radius 2 is 1.31 bits per heavy atom. The van der Waals surface area contributed by atoms with E-state index in [1.165, 1.54) is 88.8 Å². The highest BCUT2D eigenvalue weighted by Crippen LogP contribution is 2.28. The van der Waals surface area contributed by atoms with Crippen LogP contribution >= 0.6 is 0 Å². The average molecular weight is 365 g/mol. The van der Waals surface area contributed by atoms with Crippen molar-refractivity contribution in [2.45, 2.75) is 90.4 Å². The highest BCUT2D eigenvalue weighted by atomic mass is 16.5. The second-order valence-electron chi connectivity index (χ2n) is 7.05. The van der Waals surface area contributed by atoms with Crippen LogP contribution in [0, 0.1) is 0 Å². The Balaban J connectivity index is 1.92. The summed E-state index contributed by atoms with van der Waals surface area (Å²) in [7, 11) is 0. The van der Waals surface area contributed by atoms with Crippen molar-refractivity contribution in [2.75, 3.05) is 6.61 Å². The topological polar surface area (TPSA) is 66.8 Å². The molecular weight excluding hydrogens is 328 g/mol. The molecule has 0 saturated carbocycles. The molecule has 148 valence electrons. The highest BCUT2D eigenvalue weighted by Gasteiger charge is 2.14. The molecule has 0 radical (unpaired) electrons. The largest absolute Gasteiger partial charge is 0.504 e. The van der Waals surface area contributed by atoms with Crippen LogP contribution in [0.5, 0.6) is 11.5 Å². The lowest BCUT2D eigenvalue weighted by molar-refractivity contribution is 0.0493. The molecule has 0 aliphatic heterocycles. The van der Waals surface area contributed by atoms with Gasteiger partial charge in [-0.1, -0.05) is 90.0 Å². The Morgan fingerprint density at radius 3 is 1.85 bits per heavy atom. The number of benzene rings is 1. The average Bonchev–Trinajstić information content (AvgIpc) is 2.64. The molecule has 4 heteroatoms. The summed E-state index contributed by atoms with van der Waals surface area (Å²) in [6.07, 6.45) is 16.5. The van der Waals surface area contributed by atoms with Gasteiger partial charge in [0.2, 0.25) is 0 Å². The number of phenolic OH excluding ortho intramolecular Hbond substituents is 2. The third-order valence-corrected chi connectivity index (χ3v) is 4.72. The molecule has 0 aromatic heterocycles. The molecule has 4 nitrogen and oxygen atoms in total. The number of ether oxygens (including phenoxy) is 1. The SMILES string of the molecule is CCCCCCCCCCCCCCCOC(=O)c1cccc(O)c1O. The summed E-state index contributed by atoms with van der Waals surface area (Å²) in [5.41, 5.74) is 0.0136. The van der Waals surface area contributed by atoms with Gasteiger partial charge in [-0.05, 0) is 18.6 Å². The number of esters is 1.